The zero-order chi connectivity index (χ0) is 15.6. The SMILES string of the molecule is Cc1ncoc1C(=O)Nc1ccc([N+](=O)[O-])cc1[N+](=O)[O-]. The summed E-state index contributed by atoms with van der Waals surface area (Å²) in [5.41, 5.74) is -0.895. The molecule has 21 heavy (non-hydrogen) atoms. The number of amides is 1. The van der Waals surface area contributed by atoms with Crippen molar-refractivity contribution in [3.8, 4) is 0 Å². The summed E-state index contributed by atoms with van der Waals surface area (Å²) in [6, 6.07) is 2.90. The number of non-ortho nitro benzene ring substituents is 1. The van der Waals surface area contributed by atoms with Crippen LogP contribution in [-0.4, -0.2) is 20.7 Å². The molecule has 1 aromatic carbocycles. The largest absolute Gasteiger partial charge is 0.438 e. The first-order valence-corrected chi connectivity index (χ1v) is 5.54. The number of aromatic nitrogens is 1. The molecule has 0 radical (unpaired) electrons. The maximum atomic E-state index is 11.9. The topological polar surface area (TPSA) is 141 Å². The molecule has 0 spiro atoms. The van der Waals surface area contributed by atoms with Crippen molar-refractivity contribution in [1.82, 2.24) is 4.98 Å². The lowest BCUT2D eigenvalue weighted by molar-refractivity contribution is -0.393. The molecule has 0 aliphatic carbocycles. The summed E-state index contributed by atoms with van der Waals surface area (Å²) in [6.07, 6.45) is 1.06. The lowest BCUT2D eigenvalue weighted by Crippen LogP contribution is -2.13. The van der Waals surface area contributed by atoms with E-state index < -0.39 is 27.1 Å². The quantitative estimate of drug-likeness (QED) is 0.671. The molecule has 10 nitrogen and oxygen atoms in total. The lowest BCUT2D eigenvalue weighted by Gasteiger charge is -2.04. The molecule has 0 unspecified atom stereocenters. The Morgan fingerprint density at radius 2 is 2.00 bits per heavy atom. The molecule has 1 N–H and O–H groups in total. The fourth-order valence-corrected chi connectivity index (χ4v) is 1.59. The average molecular weight is 292 g/mol. The van der Waals surface area contributed by atoms with Gasteiger partial charge in [-0.1, -0.05) is 0 Å². The standard InChI is InChI=1S/C11H8N4O6/c1-6-10(21-5-12-6)11(16)13-8-3-2-7(14(17)18)4-9(8)15(19)20/h2-5H,1H3,(H,13,16). The van der Waals surface area contributed by atoms with E-state index in [-0.39, 0.29) is 11.4 Å². The number of rotatable bonds is 4. The van der Waals surface area contributed by atoms with Crippen LogP contribution in [0.4, 0.5) is 17.1 Å². The number of hydrogen-bond donors (Lipinski definition) is 1. The van der Waals surface area contributed by atoms with Crippen LogP contribution in [0.3, 0.4) is 0 Å². The molecule has 0 atom stereocenters. The number of benzene rings is 1. The Morgan fingerprint density at radius 1 is 1.29 bits per heavy atom. The van der Waals surface area contributed by atoms with Crippen molar-refractivity contribution in [2.24, 2.45) is 0 Å². The molecule has 0 saturated heterocycles. The fourth-order valence-electron chi connectivity index (χ4n) is 1.59. The van der Waals surface area contributed by atoms with E-state index in [1.807, 2.05) is 0 Å². The van der Waals surface area contributed by atoms with Gasteiger partial charge in [0.2, 0.25) is 5.76 Å². The second-order valence-electron chi connectivity index (χ2n) is 3.94. The third-order valence-electron chi connectivity index (χ3n) is 2.59. The van der Waals surface area contributed by atoms with Crippen molar-refractivity contribution in [3.05, 3.63) is 56.3 Å². The molecule has 10 heteroatoms. The number of aryl methyl sites for hydroxylation is 1. The van der Waals surface area contributed by atoms with Crippen molar-refractivity contribution in [2.75, 3.05) is 5.32 Å². The molecule has 0 aliphatic heterocycles. The van der Waals surface area contributed by atoms with Crippen molar-refractivity contribution in [2.45, 2.75) is 6.92 Å². The van der Waals surface area contributed by atoms with Gasteiger partial charge >= 0.3 is 0 Å². The van der Waals surface area contributed by atoms with Crippen LogP contribution >= 0.6 is 0 Å². The van der Waals surface area contributed by atoms with Crippen LogP contribution < -0.4 is 5.32 Å². The van der Waals surface area contributed by atoms with Gasteiger partial charge in [-0.05, 0) is 13.0 Å². The van der Waals surface area contributed by atoms with Crippen LogP contribution in [0.2, 0.25) is 0 Å². The Labute approximate surface area is 116 Å². The number of carbonyl (C=O) groups is 1. The molecule has 1 aromatic heterocycles. The zero-order valence-corrected chi connectivity index (χ0v) is 10.6. The summed E-state index contributed by atoms with van der Waals surface area (Å²) in [5, 5.41) is 23.8. The first-order valence-electron chi connectivity index (χ1n) is 5.54. The second kappa shape index (κ2) is 5.36. The van der Waals surface area contributed by atoms with Crippen LogP contribution in [0.15, 0.2) is 29.0 Å². The van der Waals surface area contributed by atoms with Gasteiger partial charge < -0.3 is 9.73 Å². The Bertz CT molecular complexity index is 738. The van der Waals surface area contributed by atoms with Crippen LogP contribution in [-0.2, 0) is 0 Å². The van der Waals surface area contributed by atoms with Gasteiger partial charge in [0, 0.05) is 6.07 Å². The number of hydrogen-bond acceptors (Lipinski definition) is 7. The number of anilines is 1. The van der Waals surface area contributed by atoms with E-state index in [4.69, 9.17) is 4.42 Å². The summed E-state index contributed by atoms with van der Waals surface area (Å²) >= 11 is 0. The molecule has 2 aromatic rings. The van der Waals surface area contributed by atoms with E-state index in [1.165, 1.54) is 6.92 Å². The van der Waals surface area contributed by atoms with Gasteiger partial charge in [-0.2, -0.15) is 0 Å². The number of carbonyl (C=O) groups excluding carboxylic acids is 1. The molecule has 1 amide bonds. The van der Waals surface area contributed by atoms with Crippen molar-refractivity contribution < 1.29 is 19.1 Å². The summed E-state index contributed by atoms with van der Waals surface area (Å²) < 4.78 is 4.86. The van der Waals surface area contributed by atoms with Gasteiger partial charge in [0.25, 0.3) is 17.3 Å². The Hall–Kier alpha value is -3.30. The first kappa shape index (κ1) is 14.1. The number of nitrogens with zero attached hydrogens (tertiary/aromatic N) is 3. The van der Waals surface area contributed by atoms with E-state index in [2.05, 4.69) is 10.3 Å². The Kier molecular flexibility index (Phi) is 3.61. The van der Waals surface area contributed by atoms with Crippen molar-refractivity contribution in [3.63, 3.8) is 0 Å². The van der Waals surface area contributed by atoms with Crippen LogP contribution in [0.1, 0.15) is 16.2 Å². The van der Waals surface area contributed by atoms with Gasteiger partial charge in [-0.25, -0.2) is 4.98 Å². The fraction of sp³-hybridized carbons (Fsp3) is 0.0909. The predicted molar refractivity (Wildman–Crippen MR) is 68.9 cm³/mol. The van der Waals surface area contributed by atoms with E-state index in [1.54, 1.807) is 0 Å². The zero-order valence-electron chi connectivity index (χ0n) is 10.6. The molecule has 2 rings (SSSR count). The van der Waals surface area contributed by atoms with Gasteiger partial charge in [0.05, 0.1) is 21.6 Å². The number of nitrogens with one attached hydrogen (secondary N) is 1. The molecular formula is C11H8N4O6. The van der Waals surface area contributed by atoms with E-state index in [9.17, 15) is 25.0 Å². The molecule has 1 heterocycles. The predicted octanol–water partition coefficient (Wildman–Crippen LogP) is 2.05. The smallest absolute Gasteiger partial charge is 0.299 e. The number of oxazole rings is 1. The van der Waals surface area contributed by atoms with Crippen LogP contribution in [0, 0.1) is 27.2 Å². The molecule has 0 aliphatic rings. The first-order chi connectivity index (χ1) is 9.90. The normalized spacial score (nSPS) is 10.1. The third kappa shape index (κ3) is 2.83. The summed E-state index contributed by atoms with van der Waals surface area (Å²) in [4.78, 5) is 35.6. The van der Waals surface area contributed by atoms with Crippen molar-refractivity contribution >= 4 is 23.0 Å². The highest BCUT2D eigenvalue weighted by atomic mass is 16.6. The minimum absolute atomic E-state index is 0.0948. The van der Waals surface area contributed by atoms with Gasteiger partial charge in [-0.3, -0.25) is 25.0 Å². The number of nitro benzene ring substituents is 2. The maximum absolute atomic E-state index is 11.9. The monoisotopic (exact) mass is 292 g/mol. The molecule has 0 bridgehead atoms. The van der Waals surface area contributed by atoms with Gasteiger partial charge in [0.1, 0.15) is 5.69 Å². The molecule has 0 fully saturated rings. The average Bonchev–Trinajstić information content (AvgIpc) is 2.85. The van der Waals surface area contributed by atoms with Crippen molar-refractivity contribution in [1.29, 1.82) is 0 Å². The molecule has 108 valence electrons. The maximum Gasteiger partial charge on any atom is 0.299 e. The molecule has 0 saturated carbocycles. The van der Waals surface area contributed by atoms with E-state index >= 15 is 0 Å². The summed E-state index contributed by atoms with van der Waals surface area (Å²) in [7, 11) is 0. The third-order valence-corrected chi connectivity index (χ3v) is 2.59. The molecular weight excluding hydrogens is 284 g/mol. The Balaban J connectivity index is 2.36. The van der Waals surface area contributed by atoms with Crippen LogP contribution in [0.5, 0.6) is 0 Å². The van der Waals surface area contributed by atoms with Crippen LogP contribution in [0.25, 0.3) is 0 Å². The lowest BCUT2D eigenvalue weighted by atomic mass is 10.2. The summed E-state index contributed by atoms with van der Waals surface area (Å²) in [5.74, 6) is -0.829. The highest BCUT2D eigenvalue weighted by Gasteiger charge is 2.23. The highest BCUT2D eigenvalue weighted by Crippen LogP contribution is 2.29. The highest BCUT2D eigenvalue weighted by molar-refractivity contribution is 6.04. The Morgan fingerprint density at radius 3 is 2.52 bits per heavy atom. The second-order valence-corrected chi connectivity index (χ2v) is 3.94. The minimum Gasteiger partial charge on any atom is -0.438 e. The van der Waals surface area contributed by atoms with E-state index in [0.29, 0.717) is 5.69 Å². The van der Waals surface area contributed by atoms with Gasteiger partial charge in [0.15, 0.2) is 6.39 Å². The summed E-state index contributed by atoms with van der Waals surface area (Å²) in [6.45, 7) is 1.53. The minimum atomic E-state index is -0.824. The van der Waals surface area contributed by atoms with Gasteiger partial charge in [-0.15, -0.1) is 0 Å². The van der Waals surface area contributed by atoms with E-state index in [0.717, 1.165) is 24.6 Å². The number of nitro groups is 2.